The molecule has 1 unspecified atom stereocenters. The van der Waals surface area contributed by atoms with Gasteiger partial charge in [-0.25, -0.2) is 0 Å². The number of likely N-dealkylation sites (N-methyl/N-ethyl adjacent to an activating group) is 1. The van der Waals surface area contributed by atoms with Gasteiger partial charge in [0.05, 0.1) is 0 Å². The maximum Gasteiger partial charge on any atom is 0.250 e. The zero-order valence-electron chi connectivity index (χ0n) is 7.76. The Hall–Kier alpha value is -0.570. The largest absolute Gasteiger partial charge is 0.369 e. The lowest BCUT2D eigenvalue weighted by Crippen LogP contribution is -2.33. The molecule has 0 N–H and O–H groups in total. The number of nitrogens with zero attached hydrogens (tertiary/aromatic N) is 1. The lowest BCUT2D eigenvalue weighted by Gasteiger charge is -2.16. The second-order valence-electron chi connectivity index (χ2n) is 2.75. The molecule has 0 aromatic heterocycles. The number of ether oxygens (including phenoxy) is 1. The summed E-state index contributed by atoms with van der Waals surface area (Å²) >= 11 is 0. The van der Waals surface area contributed by atoms with Crippen LogP contribution >= 0.6 is 0 Å². The zero-order valence-corrected chi connectivity index (χ0v) is 7.76. The van der Waals surface area contributed by atoms with Gasteiger partial charge in [-0.2, -0.15) is 0 Å². The molecule has 0 bridgehead atoms. The van der Waals surface area contributed by atoms with Gasteiger partial charge in [-0.15, -0.1) is 0 Å². The summed E-state index contributed by atoms with van der Waals surface area (Å²) in [6, 6.07) is 0. The van der Waals surface area contributed by atoms with Crippen molar-refractivity contribution in [3.05, 3.63) is 0 Å². The van der Waals surface area contributed by atoms with Gasteiger partial charge in [-0.05, 0) is 13.3 Å². The first kappa shape index (κ1) is 10.4. The maximum atomic E-state index is 11.1. The van der Waals surface area contributed by atoms with E-state index in [1.54, 1.807) is 25.9 Å². The van der Waals surface area contributed by atoms with E-state index in [-0.39, 0.29) is 12.0 Å². The number of rotatable bonds is 4. The van der Waals surface area contributed by atoms with Crippen molar-refractivity contribution in [1.29, 1.82) is 0 Å². The third kappa shape index (κ3) is 3.98. The van der Waals surface area contributed by atoms with E-state index in [4.69, 9.17) is 4.74 Å². The van der Waals surface area contributed by atoms with Crippen LogP contribution in [0.25, 0.3) is 0 Å². The molecule has 0 fully saturated rings. The average Bonchev–Trinajstić information content (AvgIpc) is 1.98. The minimum atomic E-state index is -0.301. The van der Waals surface area contributed by atoms with Crippen LogP contribution in [-0.2, 0) is 9.53 Å². The highest BCUT2D eigenvalue weighted by molar-refractivity contribution is 5.79. The summed E-state index contributed by atoms with van der Waals surface area (Å²) < 4.78 is 5.22. The van der Waals surface area contributed by atoms with Crippen molar-refractivity contribution in [3.63, 3.8) is 0 Å². The van der Waals surface area contributed by atoms with Crippen LogP contribution in [0, 0.1) is 0 Å². The van der Waals surface area contributed by atoms with E-state index in [0.717, 1.165) is 6.42 Å². The summed E-state index contributed by atoms with van der Waals surface area (Å²) in [7, 11) is 3.46. The summed E-state index contributed by atoms with van der Waals surface area (Å²) in [5, 5.41) is 0. The van der Waals surface area contributed by atoms with Crippen molar-refractivity contribution >= 4 is 5.91 Å². The molecular formula is C8H17NO2. The summed E-state index contributed by atoms with van der Waals surface area (Å²) in [6.45, 7) is 4.45. The Kier molecular flexibility index (Phi) is 4.86. The Bertz CT molecular complexity index is 123. The third-order valence-corrected chi connectivity index (χ3v) is 1.36. The fourth-order valence-electron chi connectivity index (χ4n) is 0.730. The van der Waals surface area contributed by atoms with Gasteiger partial charge in [0.25, 0.3) is 5.91 Å². The molecule has 0 aromatic rings. The van der Waals surface area contributed by atoms with Gasteiger partial charge in [0.15, 0.2) is 0 Å². The molecule has 1 atom stereocenters. The molecule has 0 saturated carbocycles. The van der Waals surface area contributed by atoms with Gasteiger partial charge in [0, 0.05) is 20.7 Å². The Morgan fingerprint density at radius 2 is 2.09 bits per heavy atom. The minimum Gasteiger partial charge on any atom is -0.369 e. The second kappa shape index (κ2) is 5.13. The average molecular weight is 159 g/mol. The van der Waals surface area contributed by atoms with Gasteiger partial charge in [0.1, 0.15) is 6.10 Å². The van der Waals surface area contributed by atoms with Crippen LogP contribution in [0.15, 0.2) is 0 Å². The monoisotopic (exact) mass is 159 g/mol. The number of hydrogen-bond acceptors (Lipinski definition) is 2. The molecule has 0 saturated heterocycles. The molecule has 0 aliphatic heterocycles. The van der Waals surface area contributed by atoms with Crippen LogP contribution in [0.5, 0.6) is 0 Å². The zero-order chi connectivity index (χ0) is 8.85. The van der Waals surface area contributed by atoms with Crippen molar-refractivity contribution < 1.29 is 9.53 Å². The molecule has 0 spiro atoms. The van der Waals surface area contributed by atoms with E-state index >= 15 is 0 Å². The van der Waals surface area contributed by atoms with E-state index in [1.165, 1.54) is 0 Å². The summed E-state index contributed by atoms with van der Waals surface area (Å²) in [5.41, 5.74) is 0. The molecule has 66 valence electrons. The molecule has 3 heteroatoms. The van der Waals surface area contributed by atoms with Crippen molar-refractivity contribution in [2.24, 2.45) is 0 Å². The first-order chi connectivity index (χ1) is 5.09. The number of hydrogen-bond donors (Lipinski definition) is 0. The number of carbonyl (C=O) groups is 1. The predicted octanol–water partition coefficient (Wildman–Crippen LogP) is 0.890. The first-order valence-corrected chi connectivity index (χ1v) is 3.92. The molecule has 0 aromatic carbocycles. The summed E-state index contributed by atoms with van der Waals surface area (Å²) in [4.78, 5) is 12.7. The predicted molar refractivity (Wildman–Crippen MR) is 44.4 cm³/mol. The molecular weight excluding hydrogens is 142 g/mol. The normalized spacial score (nSPS) is 12.7. The standard InChI is InChI=1S/C8H17NO2/c1-5-6-11-7(2)8(10)9(3)4/h7H,5-6H2,1-4H3. The Labute approximate surface area is 68.3 Å². The molecule has 0 radical (unpaired) electrons. The Morgan fingerprint density at radius 3 is 2.45 bits per heavy atom. The van der Waals surface area contributed by atoms with Gasteiger partial charge >= 0.3 is 0 Å². The van der Waals surface area contributed by atoms with E-state index in [1.807, 2.05) is 6.92 Å². The van der Waals surface area contributed by atoms with Crippen molar-refractivity contribution in [2.75, 3.05) is 20.7 Å². The van der Waals surface area contributed by atoms with Gasteiger partial charge < -0.3 is 9.64 Å². The van der Waals surface area contributed by atoms with Crippen molar-refractivity contribution in [2.45, 2.75) is 26.4 Å². The first-order valence-electron chi connectivity index (χ1n) is 3.92. The molecule has 11 heavy (non-hydrogen) atoms. The van der Waals surface area contributed by atoms with E-state index in [0.29, 0.717) is 6.61 Å². The van der Waals surface area contributed by atoms with Gasteiger partial charge in [0.2, 0.25) is 0 Å². The van der Waals surface area contributed by atoms with E-state index in [2.05, 4.69) is 0 Å². The highest BCUT2D eigenvalue weighted by Gasteiger charge is 2.13. The lowest BCUT2D eigenvalue weighted by molar-refractivity contribution is -0.139. The van der Waals surface area contributed by atoms with E-state index < -0.39 is 0 Å². The number of amides is 1. The Morgan fingerprint density at radius 1 is 1.55 bits per heavy atom. The molecule has 0 rings (SSSR count). The van der Waals surface area contributed by atoms with Crippen molar-refractivity contribution in [1.82, 2.24) is 4.90 Å². The van der Waals surface area contributed by atoms with E-state index in [9.17, 15) is 4.79 Å². The molecule has 1 amide bonds. The molecule has 0 heterocycles. The fourth-order valence-corrected chi connectivity index (χ4v) is 0.730. The van der Waals surface area contributed by atoms with Crippen LogP contribution < -0.4 is 0 Å². The van der Waals surface area contributed by atoms with Gasteiger partial charge in [-0.1, -0.05) is 6.92 Å². The fraction of sp³-hybridized carbons (Fsp3) is 0.875. The van der Waals surface area contributed by atoms with Crippen LogP contribution in [-0.4, -0.2) is 37.6 Å². The van der Waals surface area contributed by atoms with Crippen molar-refractivity contribution in [3.8, 4) is 0 Å². The van der Waals surface area contributed by atoms with Crippen LogP contribution in [0.2, 0.25) is 0 Å². The highest BCUT2D eigenvalue weighted by Crippen LogP contribution is 1.95. The summed E-state index contributed by atoms with van der Waals surface area (Å²) in [6.07, 6.45) is 0.648. The SMILES string of the molecule is CCCOC(C)C(=O)N(C)C. The highest BCUT2D eigenvalue weighted by atomic mass is 16.5. The number of carbonyl (C=O) groups excluding carboxylic acids is 1. The van der Waals surface area contributed by atoms with Crippen LogP contribution in [0.1, 0.15) is 20.3 Å². The third-order valence-electron chi connectivity index (χ3n) is 1.36. The van der Waals surface area contributed by atoms with Gasteiger partial charge in [-0.3, -0.25) is 4.79 Å². The van der Waals surface area contributed by atoms with Crippen LogP contribution in [0.4, 0.5) is 0 Å². The van der Waals surface area contributed by atoms with Crippen LogP contribution in [0.3, 0.4) is 0 Å². The molecule has 3 nitrogen and oxygen atoms in total. The quantitative estimate of drug-likeness (QED) is 0.609. The Balaban J connectivity index is 3.64. The summed E-state index contributed by atoms with van der Waals surface area (Å²) in [5.74, 6) is 0.0263. The molecule has 0 aliphatic carbocycles. The second-order valence-corrected chi connectivity index (χ2v) is 2.75. The minimum absolute atomic E-state index is 0.0263. The topological polar surface area (TPSA) is 29.5 Å². The maximum absolute atomic E-state index is 11.1. The lowest BCUT2D eigenvalue weighted by atomic mass is 10.3. The smallest absolute Gasteiger partial charge is 0.250 e. The molecule has 0 aliphatic rings.